The van der Waals surface area contributed by atoms with Crippen molar-refractivity contribution in [2.24, 2.45) is 0 Å². The Balaban J connectivity index is 1.73. The number of fused-ring (bicyclic) bond motifs is 1. The highest BCUT2D eigenvalue weighted by molar-refractivity contribution is 5.76. The maximum Gasteiger partial charge on any atom is 0.229 e. The highest BCUT2D eigenvalue weighted by Gasteiger charge is 2.08. The first-order chi connectivity index (χ1) is 12.2. The number of ether oxygens (including phenoxy) is 2. The maximum atomic E-state index is 5.82. The van der Waals surface area contributed by atoms with Gasteiger partial charge < -0.3 is 24.7 Å². The van der Waals surface area contributed by atoms with Gasteiger partial charge in [-0.25, -0.2) is 4.98 Å². The highest BCUT2D eigenvalue weighted by Crippen LogP contribution is 2.31. The van der Waals surface area contributed by atoms with Crippen LogP contribution in [0.1, 0.15) is 6.42 Å². The molecule has 2 N–H and O–H groups in total. The van der Waals surface area contributed by atoms with E-state index in [0.717, 1.165) is 35.4 Å². The molecule has 2 aromatic heterocycles. The van der Waals surface area contributed by atoms with Crippen LogP contribution in [0.25, 0.3) is 11.0 Å². The van der Waals surface area contributed by atoms with Crippen LogP contribution in [0.3, 0.4) is 0 Å². The lowest BCUT2D eigenvalue weighted by atomic mass is 10.2. The van der Waals surface area contributed by atoms with Crippen LogP contribution in [0.5, 0.6) is 11.5 Å². The molecule has 132 valence electrons. The summed E-state index contributed by atoms with van der Waals surface area (Å²) in [6, 6.07) is 7.60. The molecule has 0 aliphatic carbocycles. The normalized spacial score (nSPS) is 11.0. The van der Waals surface area contributed by atoms with E-state index >= 15 is 0 Å². The predicted molar refractivity (Wildman–Crippen MR) is 98.8 cm³/mol. The lowest BCUT2D eigenvalue weighted by Crippen LogP contribution is -2.15. The Morgan fingerprint density at radius 3 is 2.92 bits per heavy atom. The fourth-order valence-corrected chi connectivity index (χ4v) is 2.47. The van der Waals surface area contributed by atoms with E-state index < -0.39 is 0 Å². The van der Waals surface area contributed by atoms with Crippen molar-refractivity contribution in [2.45, 2.75) is 6.42 Å². The number of nitrogens with one attached hydrogen (secondary N) is 2. The number of methoxy groups -OCH3 is 1. The topological polar surface area (TPSA) is 75.3 Å². The van der Waals surface area contributed by atoms with E-state index in [0.29, 0.717) is 18.3 Å². The SMILES string of the molecule is COc1ccc(OCCCN(C)C)cc1Nc1ncc2cc[nH]c2n1. The number of nitrogens with zero attached hydrogens (tertiary/aromatic N) is 3. The molecule has 25 heavy (non-hydrogen) atoms. The fraction of sp³-hybridized carbons (Fsp3) is 0.333. The summed E-state index contributed by atoms with van der Waals surface area (Å²) in [5, 5.41) is 4.17. The first kappa shape index (κ1) is 17.0. The smallest absolute Gasteiger partial charge is 0.229 e. The second-order valence-corrected chi connectivity index (χ2v) is 5.97. The van der Waals surface area contributed by atoms with Gasteiger partial charge in [-0.1, -0.05) is 0 Å². The molecule has 1 aromatic carbocycles. The van der Waals surface area contributed by atoms with Crippen molar-refractivity contribution in [1.29, 1.82) is 0 Å². The number of aromatic amines is 1. The Morgan fingerprint density at radius 1 is 1.24 bits per heavy atom. The molecule has 0 aliphatic heterocycles. The summed E-state index contributed by atoms with van der Waals surface area (Å²) in [7, 11) is 5.74. The number of aromatic nitrogens is 3. The molecule has 0 radical (unpaired) electrons. The van der Waals surface area contributed by atoms with E-state index in [4.69, 9.17) is 9.47 Å². The summed E-state index contributed by atoms with van der Waals surface area (Å²) in [5.74, 6) is 1.98. The number of H-pyrrole nitrogens is 1. The van der Waals surface area contributed by atoms with Crippen molar-refractivity contribution in [2.75, 3.05) is 39.7 Å². The number of hydrogen-bond donors (Lipinski definition) is 2. The minimum atomic E-state index is 0.498. The van der Waals surface area contributed by atoms with Gasteiger partial charge in [0, 0.05) is 30.4 Å². The molecular weight excluding hydrogens is 318 g/mol. The third-order valence-electron chi connectivity index (χ3n) is 3.74. The van der Waals surface area contributed by atoms with Crippen molar-refractivity contribution in [3.8, 4) is 11.5 Å². The third kappa shape index (κ3) is 4.39. The monoisotopic (exact) mass is 341 g/mol. The van der Waals surface area contributed by atoms with Crippen LogP contribution in [0.2, 0.25) is 0 Å². The molecule has 0 unspecified atom stereocenters. The molecule has 0 amide bonds. The van der Waals surface area contributed by atoms with Crippen molar-refractivity contribution in [1.82, 2.24) is 19.9 Å². The molecule has 0 saturated carbocycles. The number of rotatable bonds is 8. The average Bonchev–Trinajstić information content (AvgIpc) is 3.06. The maximum absolute atomic E-state index is 5.82. The largest absolute Gasteiger partial charge is 0.495 e. The zero-order valence-corrected chi connectivity index (χ0v) is 14.7. The number of benzene rings is 1. The van der Waals surface area contributed by atoms with E-state index in [9.17, 15) is 0 Å². The van der Waals surface area contributed by atoms with Gasteiger partial charge in [0.15, 0.2) is 0 Å². The molecule has 0 atom stereocenters. The fourth-order valence-electron chi connectivity index (χ4n) is 2.47. The van der Waals surface area contributed by atoms with Gasteiger partial charge >= 0.3 is 0 Å². The molecule has 0 fully saturated rings. The van der Waals surface area contributed by atoms with E-state index in [2.05, 4.69) is 39.3 Å². The zero-order valence-electron chi connectivity index (χ0n) is 14.7. The summed E-state index contributed by atoms with van der Waals surface area (Å²) >= 11 is 0. The van der Waals surface area contributed by atoms with E-state index in [-0.39, 0.29) is 0 Å². The van der Waals surface area contributed by atoms with Gasteiger partial charge in [-0.2, -0.15) is 4.98 Å². The van der Waals surface area contributed by atoms with Gasteiger partial charge in [0.25, 0.3) is 0 Å². The van der Waals surface area contributed by atoms with Crippen molar-refractivity contribution < 1.29 is 9.47 Å². The van der Waals surface area contributed by atoms with Crippen LogP contribution in [-0.2, 0) is 0 Å². The van der Waals surface area contributed by atoms with Crippen LogP contribution in [0.4, 0.5) is 11.6 Å². The molecular formula is C18H23N5O2. The van der Waals surface area contributed by atoms with Crippen LogP contribution >= 0.6 is 0 Å². The Bertz CT molecular complexity index is 831. The van der Waals surface area contributed by atoms with Crippen LogP contribution in [0, 0.1) is 0 Å². The summed E-state index contributed by atoms with van der Waals surface area (Å²) in [6.07, 6.45) is 4.58. The molecule has 2 heterocycles. The van der Waals surface area contributed by atoms with Gasteiger partial charge in [-0.05, 0) is 38.7 Å². The standard InChI is InChI=1S/C18H23N5O2/c1-23(2)9-4-10-25-14-5-6-16(24-3)15(11-14)21-18-20-12-13-7-8-19-17(13)22-18/h5-8,11-12H,4,9-10H2,1-3H3,(H2,19,20,21,22). The molecule has 0 spiro atoms. The third-order valence-corrected chi connectivity index (χ3v) is 3.74. The summed E-state index contributed by atoms with van der Waals surface area (Å²) < 4.78 is 11.2. The summed E-state index contributed by atoms with van der Waals surface area (Å²) in [5.41, 5.74) is 1.55. The van der Waals surface area contributed by atoms with Crippen molar-refractivity contribution in [3.63, 3.8) is 0 Å². The quantitative estimate of drug-likeness (QED) is 0.614. The molecule has 0 aliphatic rings. The predicted octanol–water partition coefficient (Wildman–Crippen LogP) is 3.04. The van der Waals surface area contributed by atoms with Gasteiger partial charge in [-0.3, -0.25) is 0 Å². The van der Waals surface area contributed by atoms with E-state index in [1.54, 1.807) is 13.3 Å². The van der Waals surface area contributed by atoms with E-state index in [1.807, 2.05) is 30.5 Å². The molecule has 3 rings (SSSR count). The van der Waals surface area contributed by atoms with Crippen molar-refractivity contribution >= 4 is 22.7 Å². The second kappa shape index (κ2) is 7.85. The first-order valence-corrected chi connectivity index (χ1v) is 8.18. The molecule has 3 aromatic rings. The lowest BCUT2D eigenvalue weighted by Gasteiger charge is -2.14. The number of hydrogen-bond acceptors (Lipinski definition) is 6. The van der Waals surface area contributed by atoms with E-state index in [1.165, 1.54) is 0 Å². The first-order valence-electron chi connectivity index (χ1n) is 8.18. The van der Waals surface area contributed by atoms with Crippen molar-refractivity contribution in [3.05, 3.63) is 36.7 Å². The van der Waals surface area contributed by atoms with Crippen LogP contribution in [0.15, 0.2) is 36.7 Å². The van der Waals surface area contributed by atoms with Gasteiger partial charge in [-0.15, -0.1) is 0 Å². The van der Waals surface area contributed by atoms with Gasteiger partial charge in [0.2, 0.25) is 5.95 Å². The second-order valence-electron chi connectivity index (χ2n) is 5.97. The number of anilines is 2. The van der Waals surface area contributed by atoms with Gasteiger partial charge in [0.1, 0.15) is 17.1 Å². The van der Waals surface area contributed by atoms with Crippen LogP contribution < -0.4 is 14.8 Å². The Labute approximate surface area is 147 Å². The molecule has 0 saturated heterocycles. The van der Waals surface area contributed by atoms with Gasteiger partial charge in [0.05, 0.1) is 19.4 Å². The Hall–Kier alpha value is -2.80. The minimum Gasteiger partial charge on any atom is -0.495 e. The minimum absolute atomic E-state index is 0.498. The molecule has 7 nitrogen and oxygen atoms in total. The van der Waals surface area contributed by atoms with Crippen LogP contribution in [-0.4, -0.2) is 54.2 Å². The highest BCUT2D eigenvalue weighted by atomic mass is 16.5. The summed E-state index contributed by atoms with van der Waals surface area (Å²) in [4.78, 5) is 14.0. The molecule has 0 bridgehead atoms. The molecule has 7 heteroatoms. The zero-order chi connectivity index (χ0) is 17.6. The average molecular weight is 341 g/mol. The lowest BCUT2D eigenvalue weighted by molar-refractivity contribution is 0.281. The Morgan fingerprint density at radius 2 is 2.12 bits per heavy atom. The summed E-state index contributed by atoms with van der Waals surface area (Å²) in [6.45, 7) is 1.65. The Kier molecular flexibility index (Phi) is 5.35.